The number of nitro groups is 1. The minimum absolute atomic E-state index is 0.0160. The summed E-state index contributed by atoms with van der Waals surface area (Å²) in [4.78, 5) is 47.4. The van der Waals surface area contributed by atoms with Crippen LogP contribution in [0.2, 0.25) is 5.02 Å². The van der Waals surface area contributed by atoms with Gasteiger partial charge in [-0.25, -0.2) is 9.59 Å². The second-order valence-corrected chi connectivity index (χ2v) is 5.96. The lowest BCUT2D eigenvalue weighted by atomic mass is 10.1. The first-order valence-electron chi connectivity index (χ1n) is 8.44. The number of ether oxygens (including phenoxy) is 2. The van der Waals surface area contributed by atoms with E-state index in [1.54, 1.807) is 13.8 Å². The minimum atomic E-state index is -0.898. The number of carbonyl (C=O) groups is 3. The Labute approximate surface area is 169 Å². The number of aryl methyl sites for hydroxylation is 1. The van der Waals surface area contributed by atoms with Crippen LogP contribution in [0.3, 0.4) is 0 Å². The van der Waals surface area contributed by atoms with E-state index in [0.29, 0.717) is 0 Å². The van der Waals surface area contributed by atoms with Gasteiger partial charge in [-0.05, 0) is 32.9 Å². The van der Waals surface area contributed by atoms with Gasteiger partial charge in [0.15, 0.2) is 0 Å². The molecule has 1 N–H and O–H groups in total. The summed E-state index contributed by atoms with van der Waals surface area (Å²) < 4.78 is 15.2. The van der Waals surface area contributed by atoms with Crippen LogP contribution >= 0.6 is 11.6 Å². The number of hydrogen-bond donors (Lipinski definition) is 1. The highest BCUT2D eigenvalue weighted by atomic mass is 35.5. The van der Waals surface area contributed by atoms with E-state index in [9.17, 15) is 24.5 Å². The van der Waals surface area contributed by atoms with E-state index < -0.39 is 28.5 Å². The highest BCUT2D eigenvalue weighted by Crippen LogP contribution is 2.30. The Balaban J connectivity index is 2.47. The van der Waals surface area contributed by atoms with Crippen LogP contribution in [0.15, 0.2) is 22.6 Å². The first kappa shape index (κ1) is 21.9. The molecule has 0 atom stereocenters. The van der Waals surface area contributed by atoms with Crippen molar-refractivity contribution in [2.24, 2.45) is 0 Å². The number of nitrogens with zero attached hydrogens (tertiary/aromatic N) is 1. The second kappa shape index (κ2) is 9.20. The standard InChI is InChI=1S/C18H17ClN2O8/c1-4-27-17(23)13-9(3)29-16(14(13)18(24)28-5-2)20-15(22)10-6-7-11(19)12(8-10)21(25)26/h6-8H,4-5H2,1-3H3,(H,20,22). The summed E-state index contributed by atoms with van der Waals surface area (Å²) in [5, 5.41) is 13.2. The summed E-state index contributed by atoms with van der Waals surface area (Å²) >= 11 is 5.74. The number of hydrogen-bond acceptors (Lipinski definition) is 8. The van der Waals surface area contributed by atoms with E-state index in [2.05, 4.69) is 5.32 Å². The Morgan fingerprint density at radius 3 is 2.28 bits per heavy atom. The average Bonchev–Trinajstić information content (AvgIpc) is 2.98. The van der Waals surface area contributed by atoms with Gasteiger partial charge in [-0.2, -0.15) is 0 Å². The van der Waals surface area contributed by atoms with Gasteiger partial charge in [0.05, 0.1) is 18.1 Å². The highest BCUT2D eigenvalue weighted by molar-refractivity contribution is 6.32. The molecule has 0 bridgehead atoms. The van der Waals surface area contributed by atoms with Crippen LogP contribution in [0.1, 0.15) is 50.7 Å². The molecule has 0 radical (unpaired) electrons. The van der Waals surface area contributed by atoms with Crippen molar-refractivity contribution in [2.45, 2.75) is 20.8 Å². The van der Waals surface area contributed by atoms with Gasteiger partial charge in [-0.15, -0.1) is 0 Å². The van der Waals surface area contributed by atoms with Gasteiger partial charge in [0.1, 0.15) is 21.9 Å². The van der Waals surface area contributed by atoms with E-state index >= 15 is 0 Å². The predicted molar refractivity (Wildman–Crippen MR) is 101 cm³/mol. The SMILES string of the molecule is CCOC(=O)c1c(C)oc(NC(=O)c2ccc(Cl)c([N+](=O)[O-])c2)c1C(=O)OCC. The van der Waals surface area contributed by atoms with Gasteiger partial charge >= 0.3 is 11.9 Å². The van der Waals surface area contributed by atoms with Crippen molar-refractivity contribution in [3.63, 3.8) is 0 Å². The molecule has 0 aliphatic rings. The van der Waals surface area contributed by atoms with Crippen molar-refractivity contribution in [2.75, 3.05) is 18.5 Å². The zero-order valence-corrected chi connectivity index (χ0v) is 16.5. The lowest BCUT2D eigenvalue weighted by molar-refractivity contribution is -0.384. The summed E-state index contributed by atoms with van der Waals surface area (Å²) in [6.45, 7) is 4.65. The number of halogens is 1. The Morgan fingerprint density at radius 2 is 1.72 bits per heavy atom. The van der Waals surface area contributed by atoms with E-state index in [1.165, 1.54) is 19.1 Å². The maximum absolute atomic E-state index is 12.5. The maximum atomic E-state index is 12.5. The predicted octanol–water partition coefficient (Wildman–Crippen LogP) is 3.76. The molecule has 1 aromatic heterocycles. The van der Waals surface area contributed by atoms with E-state index in [-0.39, 0.29) is 46.6 Å². The Bertz CT molecular complexity index is 982. The number of esters is 2. The first-order valence-corrected chi connectivity index (χ1v) is 8.81. The lowest BCUT2D eigenvalue weighted by Crippen LogP contribution is -2.17. The van der Waals surface area contributed by atoms with Crippen molar-refractivity contribution in [1.82, 2.24) is 0 Å². The summed E-state index contributed by atoms with van der Waals surface area (Å²) in [6, 6.07) is 3.43. The van der Waals surface area contributed by atoms with Crippen LogP contribution in [0.25, 0.3) is 0 Å². The number of anilines is 1. The Hall–Kier alpha value is -3.40. The van der Waals surface area contributed by atoms with Crippen LogP contribution in [-0.2, 0) is 9.47 Å². The van der Waals surface area contributed by atoms with Crippen LogP contribution in [0, 0.1) is 17.0 Å². The van der Waals surface area contributed by atoms with Crippen LogP contribution in [0.4, 0.5) is 11.6 Å². The molecule has 0 spiro atoms. The quantitative estimate of drug-likeness (QED) is 0.402. The molecule has 0 saturated heterocycles. The van der Waals surface area contributed by atoms with Crippen LogP contribution in [0.5, 0.6) is 0 Å². The van der Waals surface area contributed by atoms with Crippen molar-refractivity contribution >= 4 is 41.0 Å². The molecule has 1 amide bonds. The third-order valence-corrected chi connectivity index (χ3v) is 4.00. The molecule has 0 fully saturated rings. The van der Waals surface area contributed by atoms with Crippen molar-refractivity contribution < 1.29 is 33.2 Å². The van der Waals surface area contributed by atoms with Crippen molar-refractivity contribution in [3.05, 3.63) is 55.8 Å². The molecule has 1 aromatic carbocycles. The normalized spacial score (nSPS) is 10.3. The van der Waals surface area contributed by atoms with Gasteiger partial charge in [-0.1, -0.05) is 11.6 Å². The number of nitro benzene ring substituents is 1. The van der Waals surface area contributed by atoms with E-state index in [0.717, 1.165) is 6.07 Å². The van der Waals surface area contributed by atoms with Gasteiger partial charge in [0, 0.05) is 11.6 Å². The third kappa shape index (κ3) is 4.72. The molecular weight excluding hydrogens is 408 g/mol. The fourth-order valence-electron chi connectivity index (χ4n) is 2.45. The van der Waals surface area contributed by atoms with Gasteiger partial charge in [-0.3, -0.25) is 20.2 Å². The number of nitrogens with one attached hydrogen (secondary N) is 1. The summed E-state index contributed by atoms with van der Waals surface area (Å²) in [5.74, 6) is -2.85. The number of benzene rings is 1. The smallest absolute Gasteiger partial charge is 0.344 e. The molecule has 11 heteroatoms. The van der Waals surface area contributed by atoms with Gasteiger partial charge in [0.25, 0.3) is 11.6 Å². The van der Waals surface area contributed by atoms with Gasteiger partial charge < -0.3 is 13.9 Å². The molecule has 0 aliphatic carbocycles. The van der Waals surface area contributed by atoms with Crippen molar-refractivity contribution in [1.29, 1.82) is 0 Å². The second-order valence-electron chi connectivity index (χ2n) is 5.56. The largest absolute Gasteiger partial charge is 0.462 e. The fourth-order valence-corrected chi connectivity index (χ4v) is 2.64. The van der Waals surface area contributed by atoms with Crippen LogP contribution < -0.4 is 5.32 Å². The number of furan rings is 1. The Morgan fingerprint density at radius 1 is 1.14 bits per heavy atom. The number of carbonyl (C=O) groups excluding carboxylic acids is 3. The molecule has 0 aliphatic heterocycles. The molecule has 1 heterocycles. The zero-order valence-electron chi connectivity index (χ0n) is 15.7. The minimum Gasteiger partial charge on any atom is -0.462 e. The number of rotatable bonds is 7. The molecule has 2 rings (SSSR count). The maximum Gasteiger partial charge on any atom is 0.344 e. The molecule has 0 saturated carbocycles. The summed E-state index contributed by atoms with van der Waals surface area (Å²) in [5.41, 5.74) is -1.06. The van der Waals surface area contributed by atoms with Crippen molar-refractivity contribution in [3.8, 4) is 0 Å². The monoisotopic (exact) mass is 424 g/mol. The van der Waals surface area contributed by atoms with E-state index in [4.69, 9.17) is 25.5 Å². The zero-order chi connectivity index (χ0) is 21.7. The molecule has 154 valence electrons. The molecule has 2 aromatic rings. The highest BCUT2D eigenvalue weighted by Gasteiger charge is 2.31. The lowest BCUT2D eigenvalue weighted by Gasteiger charge is -2.07. The summed E-state index contributed by atoms with van der Waals surface area (Å²) in [7, 11) is 0. The first-order chi connectivity index (χ1) is 13.7. The van der Waals surface area contributed by atoms with E-state index in [1.807, 2.05) is 0 Å². The number of amides is 1. The van der Waals surface area contributed by atoms with Gasteiger partial charge in [0.2, 0.25) is 5.88 Å². The molecule has 29 heavy (non-hydrogen) atoms. The van der Waals surface area contributed by atoms with Crippen LogP contribution in [-0.4, -0.2) is 36.0 Å². The topological polar surface area (TPSA) is 138 Å². The third-order valence-electron chi connectivity index (χ3n) is 3.68. The molecule has 10 nitrogen and oxygen atoms in total. The molecule has 0 unspecified atom stereocenters. The summed E-state index contributed by atoms with van der Waals surface area (Å²) in [6.07, 6.45) is 0. The molecular formula is C18H17ClN2O8. The fraction of sp³-hybridized carbons (Fsp3) is 0.278. The average molecular weight is 425 g/mol. The Kier molecular flexibility index (Phi) is 6.94.